The molecular formula is C12H24N3O+. The van der Waals surface area contributed by atoms with Gasteiger partial charge in [0.15, 0.2) is 6.04 Å². The van der Waals surface area contributed by atoms with Gasteiger partial charge in [-0.1, -0.05) is 0 Å². The highest BCUT2D eigenvalue weighted by Crippen LogP contribution is 2.24. The summed E-state index contributed by atoms with van der Waals surface area (Å²) in [5.41, 5.74) is 0. The Labute approximate surface area is 98.4 Å². The number of hydrogen-bond acceptors (Lipinski definition) is 2. The van der Waals surface area contributed by atoms with Crippen LogP contribution < -0.4 is 0 Å². The van der Waals surface area contributed by atoms with E-state index in [1.807, 2.05) is 0 Å². The first-order valence-electron chi connectivity index (χ1n) is 6.31. The molecule has 0 aliphatic carbocycles. The highest BCUT2D eigenvalue weighted by Gasteiger charge is 2.41. The molecule has 16 heavy (non-hydrogen) atoms. The minimum absolute atomic E-state index is 0.211. The second-order valence-electron chi connectivity index (χ2n) is 5.79. The maximum Gasteiger partial charge on any atom is 0.281 e. The van der Waals surface area contributed by atoms with Gasteiger partial charge in [-0.05, 0) is 7.05 Å². The third kappa shape index (κ3) is 2.23. The molecule has 0 radical (unpaired) electrons. The van der Waals surface area contributed by atoms with E-state index in [-0.39, 0.29) is 6.04 Å². The number of likely N-dealkylation sites (N-methyl/N-ethyl adjacent to an activating group) is 2. The Morgan fingerprint density at radius 3 is 2.31 bits per heavy atom. The summed E-state index contributed by atoms with van der Waals surface area (Å²) in [7, 11) is 6.49. The summed E-state index contributed by atoms with van der Waals surface area (Å²) in [5.74, 6) is 0.385. The smallest absolute Gasteiger partial charge is 0.281 e. The van der Waals surface area contributed by atoms with Crippen LogP contribution in [-0.4, -0.2) is 80.1 Å². The summed E-state index contributed by atoms with van der Waals surface area (Å²) in [6.07, 6.45) is 2.26. The van der Waals surface area contributed by atoms with Crippen LogP contribution >= 0.6 is 0 Å². The van der Waals surface area contributed by atoms with Crippen LogP contribution in [0.2, 0.25) is 0 Å². The Bertz CT molecular complexity index is 269. The van der Waals surface area contributed by atoms with Crippen LogP contribution in [0.3, 0.4) is 0 Å². The lowest BCUT2D eigenvalue weighted by Gasteiger charge is -2.37. The van der Waals surface area contributed by atoms with Crippen molar-refractivity contribution >= 4 is 5.91 Å². The first-order valence-corrected chi connectivity index (χ1v) is 6.31. The van der Waals surface area contributed by atoms with Crippen LogP contribution in [0.15, 0.2) is 0 Å². The van der Waals surface area contributed by atoms with E-state index >= 15 is 0 Å². The molecule has 2 aliphatic heterocycles. The minimum atomic E-state index is 0.211. The Hall–Kier alpha value is -0.610. The number of amides is 1. The summed E-state index contributed by atoms with van der Waals surface area (Å²) < 4.78 is 0.880. The molecule has 92 valence electrons. The number of piperazine rings is 1. The van der Waals surface area contributed by atoms with Crippen LogP contribution in [0.1, 0.15) is 12.8 Å². The van der Waals surface area contributed by atoms with E-state index in [2.05, 4.69) is 30.9 Å². The maximum atomic E-state index is 12.4. The van der Waals surface area contributed by atoms with Crippen molar-refractivity contribution in [2.75, 3.05) is 53.9 Å². The lowest BCUT2D eigenvalue weighted by atomic mass is 10.1. The van der Waals surface area contributed by atoms with E-state index in [1.165, 1.54) is 6.42 Å². The molecule has 0 aromatic carbocycles. The fourth-order valence-corrected chi connectivity index (χ4v) is 2.86. The number of nitrogens with zero attached hydrogens (tertiary/aromatic N) is 3. The van der Waals surface area contributed by atoms with Gasteiger partial charge in [-0.3, -0.25) is 4.79 Å². The molecule has 2 aliphatic rings. The van der Waals surface area contributed by atoms with E-state index < -0.39 is 0 Å². The highest BCUT2D eigenvalue weighted by molar-refractivity contribution is 5.81. The van der Waals surface area contributed by atoms with Gasteiger partial charge in [0.05, 0.1) is 20.6 Å². The van der Waals surface area contributed by atoms with Crippen LogP contribution in [0, 0.1) is 0 Å². The van der Waals surface area contributed by atoms with E-state index in [0.717, 1.165) is 43.6 Å². The van der Waals surface area contributed by atoms with E-state index in [0.29, 0.717) is 5.91 Å². The Morgan fingerprint density at radius 2 is 1.81 bits per heavy atom. The highest BCUT2D eigenvalue weighted by atomic mass is 16.2. The summed E-state index contributed by atoms with van der Waals surface area (Å²) in [6.45, 7) is 5.00. The molecule has 1 amide bonds. The van der Waals surface area contributed by atoms with Crippen LogP contribution in [0.25, 0.3) is 0 Å². The van der Waals surface area contributed by atoms with Crippen molar-refractivity contribution in [2.24, 2.45) is 0 Å². The molecule has 0 aromatic heterocycles. The third-order valence-electron chi connectivity index (χ3n) is 4.16. The molecule has 1 atom stereocenters. The molecule has 4 nitrogen and oxygen atoms in total. The number of quaternary nitrogens is 1. The zero-order chi connectivity index (χ0) is 11.8. The van der Waals surface area contributed by atoms with Crippen LogP contribution in [0.4, 0.5) is 0 Å². The van der Waals surface area contributed by atoms with Crippen molar-refractivity contribution in [2.45, 2.75) is 18.9 Å². The maximum absolute atomic E-state index is 12.4. The Morgan fingerprint density at radius 1 is 1.19 bits per heavy atom. The predicted molar refractivity (Wildman–Crippen MR) is 64.1 cm³/mol. The molecule has 0 saturated carbocycles. The van der Waals surface area contributed by atoms with Crippen molar-refractivity contribution < 1.29 is 9.28 Å². The van der Waals surface area contributed by atoms with Gasteiger partial charge in [0.1, 0.15) is 0 Å². The molecule has 2 heterocycles. The number of rotatable bonds is 1. The summed E-state index contributed by atoms with van der Waals surface area (Å²) in [6, 6.07) is 0.211. The van der Waals surface area contributed by atoms with Crippen molar-refractivity contribution in [1.29, 1.82) is 0 Å². The van der Waals surface area contributed by atoms with Crippen molar-refractivity contribution in [3.63, 3.8) is 0 Å². The van der Waals surface area contributed by atoms with Gasteiger partial charge in [-0.15, -0.1) is 0 Å². The van der Waals surface area contributed by atoms with E-state index in [1.54, 1.807) is 0 Å². The van der Waals surface area contributed by atoms with Gasteiger partial charge in [-0.2, -0.15) is 0 Å². The van der Waals surface area contributed by atoms with E-state index in [9.17, 15) is 4.79 Å². The normalized spacial score (nSPS) is 30.7. The van der Waals surface area contributed by atoms with Crippen LogP contribution in [-0.2, 0) is 4.79 Å². The summed E-state index contributed by atoms with van der Waals surface area (Å²) >= 11 is 0. The average Bonchev–Trinajstić information content (AvgIpc) is 2.58. The lowest BCUT2D eigenvalue weighted by molar-refractivity contribution is -0.893. The molecule has 4 heteroatoms. The van der Waals surface area contributed by atoms with E-state index in [4.69, 9.17) is 0 Å². The van der Waals surface area contributed by atoms with Gasteiger partial charge in [-0.25, -0.2) is 0 Å². The molecular weight excluding hydrogens is 202 g/mol. The topological polar surface area (TPSA) is 23.6 Å². The number of hydrogen-bond donors (Lipinski definition) is 0. The minimum Gasteiger partial charge on any atom is -0.335 e. The molecule has 0 unspecified atom stereocenters. The zero-order valence-electron chi connectivity index (χ0n) is 10.8. The second-order valence-corrected chi connectivity index (χ2v) is 5.79. The second kappa shape index (κ2) is 4.34. The quantitative estimate of drug-likeness (QED) is 0.588. The third-order valence-corrected chi connectivity index (χ3v) is 4.16. The van der Waals surface area contributed by atoms with Crippen molar-refractivity contribution in [3.8, 4) is 0 Å². The average molecular weight is 226 g/mol. The van der Waals surface area contributed by atoms with Gasteiger partial charge in [0.2, 0.25) is 0 Å². The fraction of sp³-hybridized carbons (Fsp3) is 0.917. The van der Waals surface area contributed by atoms with Crippen molar-refractivity contribution in [3.05, 3.63) is 0 Å². The van der Waals surface area contributed by atoms with Gasteiger partial charge < -0.3 is 14.3 Å². The number of likely N-dealkylation sites (tertiary alicyclic amines) is 1. The largest absolute Gasteiger partial charge is 0.335 e. The Kier molecular flexibility index (Phi) is 3.22. The standard InChI is InChI=1S/C12H24N3O/c1-13-6-8-14(9-7-13)12(16)11-5-4-10-15(11,2)3/h11H,4-10H2,1-3H3/q+1/t11-/m0/s1. The monoisotopic (exact) mass is 226 g/mol. The van der Waals surface area contributed by atoms with Crippen LogP contribution in [0.5, 0.6) is 0 Å². The van der Waals surface area contributed by atoms with Gasteiger partial charge in [0.25, 0.3) is 5.91 Å². The molecule has 0 bridgehead atoms. The van der Waals surface area contributed by atoms with Crippen molar-refractivity contribution in [1.82, 2.24) is 9.80 Å². The Balaban J connectivity index is 1.97. The predicted octanol–water partition coefficient (Wildman–Crippen LogP) is -0.000800. The molecule has 0 spiro atoms. The summed E-state index contributed by atoms with van der Waals surface area (Å²) in [5, 5.41) is 0. The first kappa shape index (κ1) is 11.9. The molecule has 2 rings (SSSR count). The SMILES string of the molecule is CN1CCN(C(=O)[C@@H]2CCC[N+]2(C)C)CC1. The first-order chi connectivity index (χ1) is 7.50. The lowest BCUT2D eigenvalue weighted by Crippen LogP contribution is -2.57. The summed E-state index contributed by atoms with van der Waals surface area (Å²) in [4.78, 5) is 16.8. The van der Waals surface area contributed by atoms with Gasteiger partial charge in [0, 0.05) is 39.0 Å². The molecule has 2 fully saturated rings. The number of carbonyl (C=O) groups excluding carboxylic acids is 1. The molecule has 0 aromatic rings. The zero-order valence-corrected chi connectivity index (χ0v) is 10.8. The fourth-order valence-electron chi connectivity index (χ4n) is 2.86. The number of carbonyl (C=O) groups is 1. The molecule has 0 N–H and O–H groups in total. The molecule has 2 saturated heterocycles. The van der Waals surface area contributed by atoms with Gasteiger partial charge >= 0.3 is 0 Å².